The average Bonchev–Trinajstić information content (AvgIpc) is 2.53. The maximum Gasteiger partial charge on any atom is 0.0417 e. The predicted molar refractivity (Wildman–Crippen MR) is 89.1 cm³/mol. The molecule has 1 nitrogen and oxygen atoms in total. The van der Waals surface area contributed by atoms with Gasteiger partial charge in [0.2, 0.25) is 0 Å². The van der Waals surface area contributed by atoms with E-state index in [1.807, 2.05) is 0 Å². The van der Waals surface area contributed by atoms with Gasteiger partial charge in [-0.1, -0.05) is 50.5 Å². The van der Waals surface area contributed by atoms with Gasteiger partial charge in [-0.2, -0.15) is 11.8 Å². The molecule has 0 bridgehead atoms. The minimum atomic E-state index is 0.567. The van der Waals surface area contributed by atoms with Gasteiger partial charge in [0.25, 0.3) is 0 Å². The third kappa shape index (κ3) is 3.23. The van der Waals surface area contributed by atoms with E-state index in [0.717, 1.165) is 5.92 Å². The number of fused-ring (bicyclic) bond motifs is 1. The molecule has 1 fully saturated rings. The first-order chi connectivity index (χ1) is 9.88. The molecule has 2 unspecified atom stereocenters. The minimum absolute atomic E-state index is 0.567. The van der Waals surface area contributed by atoms with Crippen molar-refractivity contribution in [3.8, 4) is 0 Å². The summed E-state index contributed by atoms with van der Waals surface area (Å²) in [5, 5.41) is 4.01. The Morgan fingerprint density at radius 2 is 2.00 bits per heavy atom. The number of benzene rings is 1. The van der Waals surface area contributed by atoms with Gasteiger partial charge in [0.1, 0.15) is 0 Å². The van der Waals surface area contributed by atoms with Crippen molar-refractivity contribution in [2.75, 3.05) is 5.75 Å². The Hall–Kier alpha value is -0.470. The van der Waals surface area contributed by atoms with Crippen LogP contribution in [0.25, 0.3) is 0 Å². The maximum atomic E-state index is 4.01. The second-order valence-corrected chi connectivity index (χ2v) is 7.38. The molecular weight excluding hydrogens is 262 g/mol. The Morgan fingerprint density at radius 1 is 1.20 bits per heavy atom. The molecule has 110 valence electrons. The molecule has 20 heavy (non-hydrogen) atoms. The first-order valence-electron chi connectivity index (χ1n) is 8.30. The van der Waals surface area contributed by atoms with Crippen LogP contribution in [0.3, 0.4) is 0 Å². The zero-order valence-corrected chi connectivity index (χ0v) is 13.4. The van der Waals surface area contributed by atoms with E-state index in [9.17, 15) is 0 Å². The topological polar surface area (TPSA) is 12.0 Å². The molecular formula is C18H27NS. The van der Waals surface area contributed by atoms with Gasteiger partial charge in [-0.15, -0.1) is 0 Å². The standard InChI is InChI=1S/C18H27NS/c1-2-17(14-8-4-3-5-9-14)19-18-13-20-12-15-10-6-7-11-16(15)18/h6-7,10-11,14,17-19H,2-5,8-9,12-13H2,1H3. The van der Waals surface area contributed by atoms with Gasteiger partial charge in [0.15, 0.2) is 0 Å². The lowest BCUT2D eigenvalue weighted by molar-refractivity contribution is 0.250. The Morgan fingerprint density at radius 3 is 2.80 bits per heavy atom. The second kappa shape index (κ2) is 7.00. The fraction of sp³-hybridized carbons (Fsp3) is 0.667. The molecule has 0 saturated heterocycles. The number of nitrogens with one attached hydrogen (secondary N) is 1. The molecule has 1 aromatic rings. The molecule has 0 spiro atoms. The zero-order chi connectivity index (χ0) is 13.8. The van der Waals surface area contributed by atoms with E-state index in [-0.39, 0.29) is 0 Å². The smallest absolute Gasteiger partial charge is 0.0417 e. The third-order valence-corrected chi connectivity index (χ3v) is 6.13. The molecule has 1 heterocycles. The molecule has 0 aromatic heterocycles. The van der Waals surface area contributed by atoms with Crippen LogP contribution in [0.2, 0.25) is 0 Å². The minimum Gasteiger partial charge on any atom is -0.306 e. The third-order valence-electron chi connectivity index (χ3n) is 5.05. The summed E-state index contributed by atoms with van der Waals surface area (Å²) in [5.74, 6) is 3.34. The second-order valence-electron chi connectivity index (χ2n) is 6.35. The van der Waals surface area contributed by atoms with Gasteiger partial charge < -0.3 is 5.32 Å². The van der Waals surface area contributed by atoms with Crippen LogP contribution in [0.15, 0.2) is 24.3 Å². The largest absolute Gasteiger partial charge is 0.306 e. The Labute approximate surface area is 127 Å². The van der Waals surface area contributed by atoms with Crippen LogP contribution in [0.1, 0.15) is 62.6 Å². The molecule has 1 aromatic carbocycles. The van der Waals surface area contributed by atoms with E-state index in [0.29, 0.717) is 12.1 Å². The molecule has 0 radical (unpaired) electrons. The van der Waals surface area contributed by atoms with E-state index in [2.05, 4.69) is 48.3 Å². The predicted octanol–water partition coefficient (Wildman–Crippen LogP) is 4.92. The lowest BCUT2D eigenvalue weighted by Crippen LogP contribution is -2.41. The van der Waals surface area contributed by atoms with Crippen molar-refractivity contribution in [3.63, 3.8) is 0 Å². The first kappa shape index (κ1) is 14.5. The highest BCUT2D eigenvalue weighted by Gasteiger charge is 2.27. The van der Waals surface area contributed by atoms with Gasteiger partial charge in [-0.25, -0.2) is 0 Å². The van der Waals surface area contributed by atoms with Crippen molar-refractivity contribution in [2.24, 2.45) is 5.92 Å². The van der Waals surface area contributed by atoms with Gasteiger partial charge in [0, 0.05) is 23.6 Å². The van der Waals surface area contributed by atoms with Crippen molar-refractivity contribution in [1.29, 1.82) is 0 Å². The Balaban J connectivity index is 1.70. The molecule has 1 N–H and O–H groups in total. The van der Waals surface area contributed by atoms with Crippen LogP contribution < -0.4 is 5.32 Å². The van der Waals surface area contributed by atoms with E-state index in [1.54, 1.807) is 11.1 Å². The number of hydrogen-bond donors (Lipinski definition) is 1. The highest BCUT2D eigenvalue weighted by molar-refractivity contribution is 7.98. The van der Waals surface area contributed by atoms with Gasteiger partial charge in [-0.3, -0.25) is 0 Å². The highest BCUT2D eigenvalue weighted by Crippen LogP contribution is 2.34. The van der Waals surface area contributed by atoms with Crippen LogP contribution in [-0.2, 0) is 5.75 Å². The number of thioether (sulfide) groups is 1. The van der Waals surface area contributed by atoms with Crippen LogP contribution in [0.5, 0.6) is 0 Å². The molecule has 1 aliphatic carbocycles. The Bertz CT molecular complexity index is 425. The van der Waals surface area contributed by atoms with Gasteiger partial charge in [-0.05, 0) is 36.3 Å². The van der Waals surface area contributed by atoms with Crippen LogP contribution in [0.4, 0.5) is 0 Å². The quantitative estimate of drug-likeness (QED) is 0.844. The molecule has 2 heteroatoms. The molecule has 3 rings (SSSR count). The zero-order valence-electron chi connectivity index (χ0n) is 12.6. The highest BCUT2D eigenvalue weighted by atomic mass is 32.2. The van der Waals surface area contributed by atoms with Crippen molar-refractivity contribution < 1.29 is 0 Å². The SMILES string of the molecule is CCC(NC1CSCc2ccccc21)C1CCCCC1. The van der Waals surface area contributed by atoms with Gasteiger partial charge in [0.05, 0.1) is 0 Å². The average molecular weight is 289 g/mol. The van der Waals surface area contributed by atoms with E-state index >= 15 is 0 Å². The van der Waals surface area contributed by atoms with E-state index in [4.69, 9.17) is 0 Å². The summed E-state index contributed by atoms with van der Waals surface area (Å²) in [6, 6.07) is 10.3. The normalized spacial score (nSPS) is 25.1. The van der Waals surface area contributed by atoms with Crippen molar-refractivity contribution in [3.05, 3.63) is 35.4 Å². The first-order valence-corrected chi connectivity index (χ1v) is 9.45. The fourth-order valence-electron chi connectivity index (χ4n) is 3.90. The van der Waals surface area contributed by atoms with Crippen LogP contribution in [-0.4, -0.2) is 11.8 Å². The van der Waals surface area contributed by atoms with E-state index < -0.39 is 0 Å². The fourth-order valence-corrected chi connectivity index (χ4v) is 5.01. The van der Waals surface area contributed by atoms with Crippen LogP contribution in [0, 0.1) is 5.92 Å². The Kier molecular flexibility index (Phi) is 5.06. The summed E-state index contributed by atoms with van der Waals surface area (Å²) in [7, 11) is 0. The number of rotatable bonds is 4. The summed E-state index contributed by atoms with van der Waals surface area (Å²) < 4.78 is 0. The maximum absolute atomic E-state index is 4.01. The monoisotopic (exact) mass is 289 g/mol. The summed E-state index contributed by atoms with van der Waals surface area (Å²) in [4.78, 5) is 0. The molecule has 0 amide bonds. The molecule has 1 aliphatic heterocycles. The number of hydrogen-bond acceptors (Lipinski definition) is 2. The summed E-state index contributed by atoms with van der Waals surface area (Å²) in [6.07, 6.45) is 8.49. The van der Waals surface area contributed by atoms with Crippen LogP contribution >= 0.6 is 11.8 Å². The van der Waals surface area contributed by atoms with Gasteiger partial charge >= 0.3 is 0 Å². The van der Waals surface area contributed by atoms with Crippen molar-refractivity contribution in [1.82, 2.24) is 5.32 Å². The molecule has 1 saturated carbocycles. The van der Waals surface area contributed by atoms with E-state index in [1.165, 1.54) is 50.0 Å². The molecule has 2 atom stereocenters. The molecule has 2 aliphatic rings. The lowest BCUT2D eigenvalue weighted by Gasteiger charge is -2.35. The summed E-state index contributed by atoms with van der Waals surface area (Å²) in [5.41, 5.74) is 3.10. The van der Waals surface area contributed by atoms with Crippen molar-refractivity contribution in [2.45, 2.75) is 63.3 Å². The lowest BCUT2D eigenvalue weighted by atomic mass is 9.82. The van der Waals surface area contributed by atoms with Crippen molar-refractivity contribution >= 4 is 11.8 Å². The summed E-state index contributed by atoms with van der Waals surface area (Å²) >= 11 is 2.08. The summed E-state index contributed by atoms with van der Waals surface area (Å²) in [6.45, 7) is 2.36.